The fourth-order valence-electron chi connectivity index (χ4n) is 1.78. The Labute approximate surface area is 119 Å². The zero-order valence-corrected chi connectivity index (χ0v) is 10.8. The Morgan fingerprint density at radius 3 is 2.62 bits per heavy atom. The number of halogens is 1. The molecule has 0 fully saturated rings. The Morgan fingerprint density at radius 2 is 1.90 bits per heavy atom. The second kappa shape index (κ2) is 6.04. The molecule has 2 aromatic rings. The highest BCUT2D eigenvalue weighted by atomic mass is 19.1. The van der Waals surface area contributed by atoms with Crippen molar-refractivity contribution in [3.63, 3.8) is 0 Å². The first-order valence-corrected chi connectivity index (χ1v) is 6.06. The topological polar surface area (TPSA) is 86.6 Å². The van der Waals surface area contributed by atoms with Gasteiger partial charge in [-0.1, -0.05) is 12.1 Å². The van der Waals surface area contributed by atoms with Crippen molar-refractivity contribution in [1.82, 2.24) is 5.32 Å². The third-order valence-corrected chi connectivity index (χ3v) is 2.83. The van der Waals surface area contributed by atoms with Gasteiger partial charge in [0.05, 0.1) is 11.1 Å². The Hall–Kier alpha value is -2.89. The fraction of sp³-hybridized carbons (Fsp3) is 0.0667. The normalized spacial score (nSPS) is 10.1. The molecule has 1 amide bonds. The Morgan fingerprint density at radius 1 is 1.14 bits per heavy atom. The standard InChI is InChI=1S/C15H12FNO4/c16-11-4-5-13(18)12(7-11)14(19)17-8-9-2-1-3-10(6-9)15(20)21/h1-7,18H,8H2,(H,17,19)(H,20,21). The molecule has 2 aromatic carbocycles. The quantitative estimate of drug-likeness (QED) is 0.805. The van der Waals surface area contributed by atoms with Crippen LogP contribution < -0.4 is 5.32 Å². The minimum Gasteiger partial charge on any atom is -0.507 e. The average molecular weight is 289 g/mol. The van der Waals surface area contributed by atoms with Crippen molar-refractivity contribution >= 4 is 11.9 Å². The average Bonchev–Trinajstić information content (AvgIpc) is 2.47. The van der Waals surface area contributed by atoms with Crippen molar-refractivity contribution in [3.8, 4) is 5.75 Å². The number of benzene rings is 2. The molecule has 6 heteroatoms. The summed E-state index contributed by atoms with van der Waals surface area (Å²) in [4.78, 5) is 22.7. The van der Waals surface area contributed by atoms with Gasteiger partial charge in [-0.15, -0.1) is 0 Å². The summed E-state index contributed by atoms with van der Waals surface area (Å²) in [5.41, 5.74) is 0.513. The molecule has 0 unspecified atom stereocenters. The third-order valence-electron chi connectivity index (χ3n) is 2.83. The molecule has 0 bridgehead atoms. The van der Waals surface area contributed by atoms with Gasteiger partial charge in [-0.25, -0.2) is 9.18 Å². The molecule has 0 radical (unpaired) electrons. The highest BCUT2D eigenvalue weighted by molar-refractivity contribution is 5.96. The van der Waals surface area contributed by atoms with Crippen LogP contribution >= 0.6 is 0 Å². The molecule has 0 saturated carbocycles. The summed E-state index contributed by atoms with van der Waals surface area (Å²) in [6.07, 6.45) is 0. The van der Waals surface area contributed by atoms with E-state index >= 15 is 0 Å². The minimum absolute atomic E-state index is 0.0654. The first-order chi connectivity index (χ1) is 9.97. The number of aromatic hydroxyl groups is 1. The Kier molecular flexibility index (Phi) is 4.18. The maximum atomic E-state index is 13.1. The largest absolute Gasteiger partial charge is 0.507 e. The SMILES string of the molecule is O=C(O)c1cccc(CNC(=O)c2cc(F)ccc2O)c1. The monoisotopic (exact) mass is 289 g/mol. The van der Waals surface area contributed by atoms with Gasteiger partial charge in [0.2, 0.25) is 0 Å². The smallest absolute Gasteiger partial charge is 0.335 e. The number of rotatable bonds is 4. The molecule has 0 spiro atoms. The van der Waals surface area contributed by atoms with E-state index in [1.807, 2.05) is 0 Å². The van der Waals surface area contributed by atoms with Gasteiger partial charge < -0.3 is 15.5 Å². The second-order valence-corrected chi connectivity index (χ2v) is 4.35. The molecule has 0 aliphatic carbocycles. The van der Waals surface area contributed by atoms with Gasteiger partial charge >= 0.3 is 5.97 Å². The van der Waals surface area contributed by atoms with Gasteiger partial charge in [0.1, 0.15) is 11.6 Å². The number of nitrogens with one attached hydrogen (secondary N) is 1. The van der Waals surface area contributed by atoms with Crippen LogP contribution in [0.3, 0.4) is 0 Å². The van der Waals surface area contributed by atoms with Gasteiger partial charge in [0.25, 0.3) is 5.91 Å². The molecule has 0 aromatic heterocycles. The first kappa shape index (κ1) is 14.5. The van der Waals surface area contributed by atoms with Crippen molar-refractivity contribution in [2.24, 2.45) is 0 Å². The number of carbonyl (C=O) groups excluding carboxylic acids is 1. The summed E-state index contributed by atoms with van der Waals surface area (Å²) in [7, 11) is 0. The molecule has 0 saturated heterocycles. The van der Waals surface area contributed by atoms with Crippen LogP contribution in [0.2, 0.25) is 0 Å². The van der Waals surface area contributed by atoms with Gasteiger partial charge in [0, 0.05) is 6.54 Å². The predicted molar refractivity (Wildman–Crippen MR) is 72.6 cm³/mol. The summed E-state index contributed by atoms with van der Waals surface area (Å²) in [6, 6.07) is 9.14. The van der Waals surface area contributed by atoms with Crippen LogP contribution in [0.25, 0.3) is 0 Å². The highest BCUT2D eigenvalue weighted by Gasteiger charge is 2.12. The fourth-order valence-corrected chi connectivity index (χ4v) is 1.78. The number of aromatic carboxylic acids is 1. The highest BCUT2D eigenvalue weighted by Crippen LogP contribution is 2.17. The van der Waals surface area contributed by atoms with Crippen LogP contribution in [0.4, 0.5) is 4.39 Å². The number of hydrogen-bond donors (Lipinski definition) is 3. The van der Waals surface area contributed by atoms with Crippen molar-refractivity contribution in [3.05, 3.63) is 65.0 Å². The lowest BCUT2D eigenvalue weighted by Crippen LogP contribution is -2.23. The van der Waals surface area contributed by atoms with E-state index < -0.39 is 17.7 Å². The van der Waals surface area contributed by atoms with E-state index in [1.54, 1.807) is 12.1 Å². The van der Waals surface area contributed by atoms with Crippen LogP contribution in [-0.2, 0) is 6.54 Å². The van der Waals surface area contributed by atoms with Crippen molar-refractivity contribution < 1.29 is 24.2 Å². The number of carboxylic acid groups (broad SMARTS) is 1. The molecular formula is C15H12FNO4. The summed E-state index contributed by atoms with van der Waals surface area (Å²) < 4.78 is 13.1. The van der Waals surface area contributed by atoms with Crippen LogP contribution in [0.5, 0.6) is 5.75 Å². The second-order valence-electron chi connectivity index (χ2n) is 4.35. The molecule has 5 nitrogen and oxygen atoms in total. The lowest BCUT2D eigenvalue weighted by molar-refractivity contribution is 0.0696. The van der Waals surface area contributed by atoms with E-state index in [-0.39, 0.29) is 23.4 Å². The zero-order valence-electron chi connectivity index (χ0n) is 10.8. The molecule has 3 N–H and O–H groups in total. The predicted octanol–water partition coefficient (Wildman–Crippen LogP) is 2.16. The molecule has 21 heavy (non-hydrogen) atoms. The number of phenolic OH excluding ortho intramolecular Hbond substituents is 1. The summed E-state index contributed by atoms with van der Waals surface area (Å²) in [5.74, 6) is -2.67. The molecule has 0 atom stereocenters. The maximum absolute atomic E-state index is 13.1. The number of carbonyl (C=O) groups is 2. The summed E-state index contributed by atoms with van der Waals surface area (Å²) in [6.45, 7) is 0.0654. The van der Waals surface area contributed by atoms with Crippen LogP contribution in [0, 0.1) is 5.82 Å². The van der Waals surface area contributed by atoms with E-state index in [4.69, 9.17) is 5.11 Å². The van der Waals surface area contributed by atoms with Crippen LogP contribution in [0.1, 0.15) is 26.3 Å². The number of amides is 1. The Balaban J connectivity index is 2.09. The molecule has 0 aliphatic rings. The lowest BCUT2D eigenvalue weighted by Gasteiger charge is -2.07. The van der Waals surface area contributed by atoms with Crippen molar-refractivity contribution in [2.75, 3.05) is 0 Å². The van der Waals surface area contributed by atoms with Gasteiger partial charge in [-0.2, -0.15) is 0 Å². The van der Waals surface area contributed by atoms with Gasteiger partial charge in [-0.3, -0.25) is 4.79 Å². The molecule has 0 aliphatic heterocycles. The maximum Gasteiger partial charge on any atom is 0.335 e. The minimum atomic E-state index is -1.06. The van der Waals surface area contributed by atoms with E-state index in [1.165, 1.54) is 12.1 Å². The number of hydrogen-bond acceptors (Lipinski definition) is 3. The first-order valence-electron chi connectivity index (χ1n) is 6.06. The number of phenols is 1. The molecule has 0 heterocycles. The van der Waals surface area contributed by atoms with E-state index in [0.717, 1.165) is 18.2 Å². The van der Waals surface area contributed by atoms with Crippen molar-refractivity contribution in [1.29, 1.82) is 0 Å². The van der Waals surface area contributed by atoms with E-state index in [0.29, 0.717) is 5.56 Å². The Bertz CT molecular complexity index is 700. The van der Waals surface area contributed by atoms with E-state index in [2.05, 4.69) is 5.32 Å². The van der Waals surface area contributed by atoms with Crippen LogP contribution in [-0.4, -0.2) is 22.1 Å². The van der Waals surface area contributed by atoms with Crippen LogP contribution in [0.15, 0.2) is 42.5 Å². The van der Waals surface area contributed by atoms with Gasteiger partial charge in [-0.05, 0) is 35.9 Å². The van der Waals surface area contributed by atoms with Crippen molar-refractivity contribution in [2.45, 2.75) is 6.54 Å². The molecular weight excluding hydrogens is 277 g/mol. The lowest BCUT2D eigenvalue weighted by atomic mass is 10.1. The molecule has 2 rings (SSSR count). The summed E-state index contributed by atoms with van der Waals surface area (Å²) >= 11 is 0. The summed E-state index contributed by atoms with van der Waals surface area (Å²) in [5, 5.41) is 20.9. The molecule has 108 valence electrons. The van der Waals surface area contributed by atoms with Gasteiger partial charge in [0.15, 0.2) is 0 Å². The third kappa shape index (κ3) is 3.56. The van der Waals surface area contributed by atoms with E-state index in [9.17, 15) is 19.1 Å². The number of carboxylic acids is 1. The zero-order chi connectivity index (χ0) is 15.4.